The van der Waals surface area contributed by atoms with E-state index in [0.717, 1.165) is 25.9 Å². The Morgan fingerprint density at radius 1 is 1.67 bits per heavy atom. The van der Waals surface area contributed by atoms with Crippen LogP contribution in [0.15, 0.2) is 0 Å². The first-order valence-corrected chi connectivity index (χ1v) is 4.38. The summed E-state index contributed by atoms with van der Waals surface area (Å²) in [6.07, 6.45) is 1.98. The molecule has 1 fully saturated rings. The summed E-state index contributed by atoms with van der Waals surface area (Å²) in [6, 6.07) is 0.137. The van der Waals surface area contributed by atoms with Crippen molar-refractivity contribution in [2.24, 2.45) is 11.7 Å². The standard InChI is InChI=1S/C8H16N2O2/c9-7-5-10-4-3-6(7)1-2-8(11)12/h6-7,10H,1-5,9H2,(H,11,12)/t6-,7+/m0/s1. The Balaban J connectivity index is 2.24. The molecule has 12 heavy (non-hydrogen) atoms. The highest BCUT2D eigenvalue weighted by Gasteiger charge is 2.21. The van der Waals surface area contributed by atoms with E-state index in [1.165, 1.54) is 0 Å². The van der Waals surface area contributed by atoms with Crippen molar-refractivity contribution in [3.8, 4) is 0 Å². The lowest BCUT2D eigenvalue weighted by atomic mass is 9.89. The zero-order valence-corrected chi connectivity index (χ0v) is 7.12. The molecule has 4 heteroatoms. The molecule has 70 valence electrons. The number of nitrogens with two attached hydrogens (primary N) is 1. The summed E-state index contributed by atoms with van der Waals surface area (Å²) < 4.78 is 0. The molecule has 0 aromatic carbocycles. The van der Waals surface area contributed by atoms with E-state index in [2.05, 4.69) is 5.32 Å². The van der Waals surface area contributed by atoms with Crippen LogP contribution in [0.25, 0.3) is 0 Å². The molecule has 0 spiro atoms. The summed E-state index contributed by atoms with van der Waals surface area (Å²) in [5, 5.41) is 11.7. The minimum atomic E-state index is -0.722. The maximum Gasteiger partial charge on any atom is 0.303 e. The smallest absolute Gasteiger partial charge is 0.303 e. The summed E-state index contributed by atoms with van der Waals surface area (Å²) in [5.41, 5.74) is 5.81. The first-order chi connectivity index (χ1) is 5.70. The number of hydrogen-bond donors (Lipinski definition) is 3. The van der Waals surface area contributed by atoms with Gasteiger partial charge in [0.2, 0.25) is 0 Å². The molecular weight excluding hydrogens is 156 g/mol. The van der Waals surface area contributed by atoms with Gasteiger partial charge >= 0.3 is 5.97 Å². The summed E-state index contributed by atoms with van der Waals surface area (Å²) >= 11 is 0. The van der Waals surface area contributed by atoms with E-state index >= 15 is 0 Å². The fraction of sp³-hybridized carbons (Fsp3) is 0.875. The highest BCUT2D eigenvalue weighted by atomic mass is 16.4. The van der Waals surface area contributed by atoms with Crippen molar-refractivity contribution < 1.29 is 9.90 Å². The van der Waals surface area contributed by atoms with Crippen molar-refractivity contribution in [3.05, 3.63) is 0 Å². The first kappa shape index (κ1) is 9.48. The van der Waals surface area contributed by atoms with Crippen molar-refractivity contribution in [2.75, 3.05) is 13.1 Å². The average molecular weight is 172 g/mol. The van der Waals surface area contributed by atoms with Crippen molar-refractivity contribution in [3.63, 3.8) is 0 Å². The Hall–Kier alpha value is -0.610. The summed E-state index contributed by atoms with van der Waals surface area (Å²) in [5.74, 6) is -0.330. The van der Waals surface area contributed by atoms with Gasteiger partial charge in [-0.15, -0.1) is 0 Å². The molecule has 0 aromatic heterocycles. The van der Waals surface area contributed by atoms with Gasteiger partial charge in [0.05, 0.1) is 0 Å². The zero-order valence-electron chi connectivity index (χ0n) is 7.12. The van der Waals surface area contributed by atoms with Gasteiger partial charge in [0, 0.05) is 19.0 Å². The van der Waals surface area contributed by atoms with Crippen LogP contribution in [0, 0.1) is 5.92 Å². The highest BCUT2D eigenvalue weighted by Crippen LogP contribution is 2.16. The second kappa shape index (κ2) is 4.42. The number of rotatable bonds is 3. The molecule has 0 bridgehead atoms. The fourth-order valence-electron chi connectivity index (χ4n) is 1.60. The lowest BCUT2D eigenvalue weighted by Gasteiger charge is -2.28. The topological polar surface area (TPSA) is 75.3 Å². The quantitative estimate of drug-likeness (QED) is 0.550. The van der Waals surface area contributed by atoms with Gasteiger partial charge in [-0.25, -0.2) is 0 Å². The van der Waals surface area contributed by atoms with Gasteiger partial charge in [0.1, 0.15) is 0 Å². The number of piperidine rings is 1. The summed E-state index contributed by atoms with van der Waals surface area (Å²) in [7, 11) is 0. The minimum absolute atomic E-state index is 0.137. The third-order valence-corrected chi connectivity index (χ3v) is 2.41. The molecule has 1 aliphatic heterocycles. The zero-order chi connectivity index (χ0) is 8.97. The van der Waals surface area contributed by atoms with E-state index in [1.54, 1.807) is 0 Å². The monoisotopic (exact) mass is 172 g/mol. The van der Waals surface area contributed by atoms with Crippen LogP contribution in [-0.4, -0.2) is 30.2 Å². The Bertz CT molecular complexity index is 161. The van der Waals surface area contributed by atoms with Crippen molar-refractivity contribution in [2.45, 2.75) is 25.3 Å². The van der Waals surface area contributed by atoms with E-state index in [0.29, 0.717) is 5.92 Å². The van der Waals surface area contributed by atoms with Crippen molar-refractivity contribution in [1.29, 1.82) is 0 Å². The highest BCUT2D eigenvalue weighted by molar-refractivity contribution is 5.66. The molecule has 1 saturated heterocycles. The average Bonchev–Trinajstić information content (AvgIpc) is 2.03. The molecule has 0 unspecified atom stereocenters. The largest absolute Gasteiger partial charge is 0.481 e. The van der Waals surface area contributed by atoms with Gasteiger partial charge < -0.3 is 16.2 Å². The van der Waals surface area contributed by atoms with E-state index in [1.807, 2.05) is 0 Å². The number of carboxylic acid groups (broad SMARTS) is 1. The maximum atomic E-state index is 10.3. The van der Waals surface area contributed by atoms with Gasteiger partial charge in [-0.3, -0.25) is 4.79 Å². The van der Waals surface area contributed by atoms with Crippen LogP contribution in [0.3, 0.4) is 0 Å². The maximum absolute atomic E-state index is 10.3. The van der Waals surface area contributed by atoms with Gasteiger partial charge in [0.25, 0.3) is 0 Å². The van der Waals surface area contributed by atoms with Crippen LogP contribution in [0.1, 0.15) is 19.3 Å². The predicted octanol–water partition coefficient (Wildman–Crippen LogP) is -0.212. The SMILES string of the molecule is N[C@@H]1CNCC[C@@H]1CCC(=O)O. The van der Waals surface area contributed by atoms with Crippen LogP contribution in [-0.2, 0) is 4.79 Å². The van der Waals surface area contributed by atoms with E-state index in [-0.39, 0.29) is 12.5 Å². The summed E-state index contributed by atoms with van der Waals surface area (Å²) in [4.78, 5) is 10.3. The normalized spacial score (nSPS) is 30.1. The molecule has 0 aliphatic carbocycles. The summed E-state index contributed by atoms with van der Waals surface area (Å²) in [6.45, 7) is 1.79. The third kappa shape index (κ3) is 2.79. The fourth-order valence-corrected chi connectivity index (χ4v) is 1.60. The molecule has 0 radical (unpaired) electrons. The van der Waals surface area contributed by atoms with Gasteiger partial charge in [-0.1, -0.05) is 0 Å². The van der Waals surface area contributed by atoms with Crippen molar-refractivity contribution in [1.82, 2.24) is 5.32 Å². The number of hydrogen-bond acceptors (Lipinski definition) is 3. The number of carboxylic acids is 1. The third-order valence-electron chi connectivity index (χ3n) is 2.41. The van der Waals surface area contributed by atoms with Crippen molar-refractivity contribution >= 4 is 5.97 Å². The Labute approximate surface area is 72.1 Å². The molecule has 4 nitrogen and oxygen atoms in total. The van der Waals surface area contributed by atoms with Gasteiger partial charge in [-0.05, 0) is 25.3 Å². The van der Waals surface area contributed by atoms with Crippen LogP contribution in [0.2, 0.25) is 0 Å². The number of carbonyl (C=O) groups is 1. The molecule has 1 aliphatic rings. The number of nitrogens with one attached hydrogen (secondary N) is 1. The van der Waals surface area contributed by atoms with Crippen LogP contribution in [0.5, 0.6) is 0 Å². The van der Waals surface area contributed by atoms with Gasteiger partial charge in [0.15, 0.2) is 0 Å². The Kier molecular flexibility index (Phi) is 3.49. The van der Waals surface area contributed by atoms with Crippen LogP contribution >= 0.6 is 0 Å². The van der Waals surface area contributed by atoms with E-state index in [9.17, 15) is 4.79 Å². The Morgan fingerprint density at radius 3 is 3.00 bits per heavy atom. The Morgan fingerprint density at radius 2 is 2.42 bits per heavy atom. The molecule has 0 saturated carbocycles. The van der Waals surface area contributed by atoms with Crippen LogP contribution < -0.4 is 11.1 Å². The van der Waals surface area contributed by atoms with E-state index in [4.69, 9.17) is 10.8 Å². The molecule has 0 aromatic rings. The second-order valence-corrected chi connectivity index (χ2v) is 3.35. The van der Waals surface area contributed by atoms with Crippen LogP contribution in [0.4, 0.5) is 0 Å². The lowest BCUT2D eigenvalue weighted by Crippen LogP contribution is -2.46. The van der Waals surface area contributed by atoms with Gasteiger partial charge in [-0.2, -0.15) is 0 Å². The molecule has 1 rings (SSSR count). The molecule has 0 amide bonds. The molecule has 4 N–H and O–H groups in total. The molecular formula is C8H16N2O2. The number of aliphatic carboxylic acids is 1. The first-order valence-electron chi connectivity index (χ1n) is 4.38. The predicted molar refractivity (Wildman–Crippen MR) is 45.8 cm³/mol. The minimum Gasteiger partial charge on any atom is -0.481 e. The lowest BCUT2D eigenvalue weighted by molar-refractivity contribution is -0.137. The molecule has 1 heterocycles. The van der Waals surface area contributed by atoms with E-state index < -0.39 is 5.97 Å². The molecule has 2 atom stereocenters. The second-order valence-electron chi connectivity index (χ2n) is 3.35.